The summed E-state index contributed by atoms with van der Waals surface area (Å²) in [6.07, 6.45) is 3.74. The van der Waals surface area contributed by atoms with Crippen molar-refractivity contribution < 1.29 is 4.39 Å². The van der Waals surface area contributed by atoms with Gasteiger partial charge in [0.25, 0.3) is 0 Å². The number of hydrogen-bond donors (Lipinski definition) is 1. The van der Waals surface area contributed by atoms with Gasteiger partial charge in [0, 0.05) is 29.0 Å². The van der Waals surface area contributed by atoms with Crippen molar-refractivity contribution in [3.05, 3.63) is 53.2 Å². The quantitative estimate of drug-likeness (QED) is 0.797. The predicted molar refractivity (Wildman–Crippen MR) is 80.5 cm³/mol. The summed E-state index contributed by atoms with van der Waals surface area (Å²) in [6.45, 7) is 2.92. The number of rotatable bonds is 4. The lowest BCUT2D eigenvalue weighted by molar-refractivity contribution is 0.585. The molecule has 0 aliphatic heterocycles. The van der Waals surface area contributed by atoms with Gasteiger partial charge in [-0.1, -0.05) is 13.0 Å². The van der Waals surface area contributed by atoms with Crippen LogP contribution in [-0.2, 0) is 7.05 Å². The number of aromatic nitrogens is 2. The van der Waals surface area contributed by atoms with Crippen molar-refractivity contribution in [3.63, 3.8) is 0 Å². The largest absolute Gasteiger partial charge is 0.336 e. The Morgan fingerprint density at radius 3 is 2.95 bits per heavy atom. The molecule has 0 fully saturated rings. The van der Waals surface area contributed by atoms with E-state index in [4.69, 9.17) is 0 Å². The minimum absolute atomic E-state index is 0.0421. The highest BCUT2D eigenvalue weighted by molar-refractivity contribution is 7.19. The van der Waals surface area contributed by atoms with Gasteiger partial charge in [-0.2, -0.15) is 0 Å². The zero-order valence-corrected chi connectivity index (χ0v) is 12.2. The number of halogens is 1. The van der Waals surface area contributed by atoms with Gasteiger partial charge in [-0.25, -0.2) is 9.37 Å². The first-order valence-electron chi connectivity index (χ1n) is 6.58. The molecule has 0 saturated carbocycles. The molecular weight excluding hydrogens is 273 g/mol. The van der Waals surface area contributed by atoms with Gasteiger partial charge < -0.3 is 9.88 Å². The molecule has 1 N–H and O–H groups in total. The number of thiophene rings is 1. The first kappa shape index (κ1) is 13.3. The average Bonchev–Trinajstić information content (AvgIpc) is 3.01. The number of benzene rings is 1. The van der Waals surface area contributed by atoms with E-state index in [1.807, 2.05) is 23.9 Å². The maximum Gasteiger partial charge on any atom is 0.131 e. The summed E-state index contributed by atoms with van der Waals surface area (Å²) in [7, 11) is 1.99. The van der Waals surface area contributed by atoms with Crippen molar-refractivity contribution in [2.45, 2.75) is 13.0 Å². The van der Waals surface area contributed by atoms with Gasteiger partial charge in [-0.3, -0.25) is 0 Å². The number of nitrogens with zero attached hydrogens (tertiary/aromatic N) is 2. The predicted octanol–water partition coefficient (Wildman–Crippen LogP) is 3.47. The molecule has 2 aromatic heterocycles. The maximum absolute atomic E-state index is 13.3. The minimum Gasteiger partial charge on any atom is -0.336 e. The third-order valence-electron chi connectivity index (χ3n) is 3.31. The molecule has 3 rings (SSSR count). The van der Waals surface area contributed by atoms with Crippen LogP contribution in [0.2, 0.25) is 0 Å². The lowest BCUT2D eigenvalue weighted by Crippen LogP contribution is -2.23. The van der Waals surface area contributed by atoms with E-state index in [0.717, 1.165) is 27.3 Å². The van der Waals surface area contributed by atoms with Crippen LogP contribution in [0.3, 0.4) is 0 Å². The van der Waals surface area contributed by atoms with Crippen LogP contribution in [0.5, 0.6) is 0 Å². The second-order valence-corrected chi connectivity index (χ2v) is 5.83. The van der Waals surface area contributed by atoms with Crippen LogP contribution < -0.4 is 5.32 Å². The third kappa shape index (κ3) is 2.34. The fourth-order valence-electron chi connectivity index (χ4n) is 2.35. The number of imidazole rings is 1. The van der Waals surface area contributed by atoms with Crippen LogP contribution in [0.25, 0.3) is 10.1 Å². The molecule has 0 spiro atoms. The van der Waals surface area contributed by atoms with E-state index in [0.29, 0.717) is 0 Å². The first-order valence-corrected chi connectivity index (χ1v) is 7.40. The molecule has 3 aromatic rings. The molecule has 0 aliphatic rings. The second-order valence-electron chi connectivity index (χ2n) is 4.72. The Labute approximate surface area is 121 Å². The van der Waals surface area contributed by atoms with Gasteiger partial charge in [0.1, 0.15) is 17.7 Å². The standard InChI is InChI=1S/C15H16FN3S/c1-3-17-14(15-18-6-7-19(15)2)13-8-10-4-5-11(16)9-12(10)20-13/h4-9,14,17H,3H2,1-2H3. The van der Waals surface area contributed by atoms with Gasteiger partial charge in [-0.15, -0.1) is 11.3 Å². The average molecular weight is 289 g/mol. The molecule has 104 valence electrons. The molecule has 0 aliphatic carbocycles. The lowest BCUT2D eigenvalue weighted by Gasteiger charge is -2.15. The van der Waals surface area contributed by atoms with E-state index in [1.165, 1.54) is 6.07 Å². The fraction of sp³-hybridized carbons (Fsp3) is 0.267. The van der Waals surface area contributed by atoms with Gasteiger partial charge in [-0.05, 0) is 30.1 Å². The monoisotopic (exact) mass is 289 g/mol. The Morgan fingerprint density at radius 2 is 2.25 bits per heavy atom. The summed E-state index contributed by atoms with van der Waals surface area (Å²) in [5, 5.41) is 4.52. The summed E-state index contributed by atoms with van der Waals surface area (Å²) in [4.78, 5) is 5.59. The van der Waals surface area contributed by atoms with Crippen LogP contribution in [0.15, 0.2) is 36.7 Å². The molecule has 0 bridgehead atoms. The van der Waals surface area contributed by atoms with E-state index in [-0.39, 0.29) is 11.9 Å². The third-order valence-corrected chi connectivity index (χ3v) is 4.47. The van der Waals surface area contributed by atoms with E-state index >= 15 is 0 Å². The van der Waals surface area contributed by atoms with Crippen molar-refractivity contribution in [2.24, 2.45) is 7.05 Å². The van der Waals surface area contributed by atoms with Crippen molar-refractivity contribution in [1.29, 1.82) is 0 Å². The van der Waals surface area contributed by atoms with Crippen molar-refractivity contribution >= 4 is 21.4 Å². The normalized spacial score (nSPS) is 12.9. The van der Waals surface area contributed by atoms with Crippen LogP contribution >= 0.6 is 11.3 Å². The van der Waals surface area contributed by atoms with E-state index < -0.39 is 0 Å². The van der Waals surface area contributed by atoms with Crippen LogP contribution in [0.1, 0.15) is 23.7 Å². The second kappa shape index (κ2) is 5.34. The van der Waals surface area contributed by atoms with Crippen molar-refractivity contribution in [3.8, 4) is 0 Å². The molecule has 1 unspecified atom stereocenters. The van der Waals surface area contributed by atoms with Crippen LogP contribution in [0.4, 0.5) is 4.39 Å². The Bertz CT molecular complexity index is 732. The number of hydrogen-bond acceptors (Lipinski definition) is 3. The highest BCUT2D eigenvalue weighted by atomic mass is 32.1. The van der Waals surface area contributed by atoms with Gasteiger partial charge in [0.15, 0.2) is 0 Å². The molecule has 5 heteroatoms. The maximum atomic E-state index is 13.3. The van der Waals surface area contributed by atoms with Crippen LogP contribution in [-0.4, -0.2) is 16.1 Å². The Hall–Kier alpha value is -1.72. The Kier molecular flexibility index (Phi) is 3.54. The van der Waals surface area contributed by atoms with E-state index in [1.54, 1.807) is 23.6 Å². The summed E-state index contributed by atoms with van der Waals surface area (Å²) < 4.78 is 16.3. The Morgan fingerprint density at radius 1 is 1.40 bits per heavy atom. The Balaban J connectivity index is 2.07. The smallest absolute Gasteiger partial charge is 0.131 e. The zero-order chi connectivity index (χ0) is 14.1. The summed E-state index contributed by atoms with van der Waals surface area (Å²) in [5.41, 5.74) is 0. The van der Waals surface area contributed by atoms with E-state index in [2.05, 4.69) is 23.3 Å². The van der Waals surface area contributed by atoms with E-state index in [9.17, 15) is 4.39 Å². The van der Waals surface area contributed by atoms with Gasteiger partial charge >= 0.3 is 0 Å². The molecule has 2 heterocycles. The molecule has 1 aromatic carbocycles. The number of nitrogens with one attached hydrogen (secondary N) is 1. The van der Waals surface area contributed by atoms with Crippen molar-refractivity contribution in [2.75, 3.05) is 6.54 Å². The first-order chi connectivity index (χ1) is 9.69. The number of aryl methyl sites for hydroxylation is 1. The summed E-state index contributed by atoms with van der Waals surface area (Å²) in [6, 6.07) is 7.07. The molecule has 0 radical (unpaired) electrons. The minimum atomic E-state index is -0.192. The molecular formula is C15H16FN3S. The summed E-state index contributed by atoms with van der Waals surface area (Å²) >= 11 is 1.61. The fourth-order valence-corrected chi connectivity index (χ4v) is 3.51. The topological polar surface area (TPSA) is 29.9 Å². The molecule has 20 heavy (non-hydrogen) atoms. The van der Waals surface area contributed by atoms with Gasteiger partial charge in [0.2, 0.25) is 0 Å². The highest BCUT2D eigenvalue weighted by Gasteiger charge is 2.19. The number of fused-ring (bicyclic) bond motifs is 1. The highest BCUT2D eigenvalue weighted by Crippen LogP contribution is 2.32. The molecule has 0 saturated heterocycles. The van der Waals surface area contributed by atoms with Gasteiger partial charge in [0.05, 0.1) is 0 Å². The molecule has 1 atom stereocenters. The lowest BCUT2D eigenvalue weighted by atomic mass is 10.2. The van der Waals surface area contributed by atoms with Crippen LogP contribution in [0, 0.1) is 5.82 Å². The SMILES string of the molecule is CCNC(c1cc2ccc(F)cc2s1)c1nccn1C. The summed E-state index contributed by atoms with van der Waals surface area (Å²) in [5.74, 6) is 0.779. The molecule has 3 nitrogen and oxygen atoms in total. The molecule has 0 amide bonds. The zero-order valence-electron chi connectivity index (χ0n) is 11.4. The van der Waals surface area contributed by atoms with Crippen molar-refractivity contribution in [1.82, 2.24) is 14.9 Å².